The zero-order chi connectivity index (χ0) is 12.6. The Labute approximate surface area is 125 Å². The van der Waals surface area contributed by atoms with Crippen LogP contribution in [0.25, 0.3) is 0 Å². The molecule has 1 aromatic rings. The summed E-state index contributed by atoms with van der Waals surface area (Å²) in [5, 5.41) is 10.4. The summed E-state index contributed by atoms with van der Waals surface area (Å²) in [6, 6.07) is 2.00. The normalized spacial score (nSPS) is 15.8. The number of hydrogen-bond acceptors (Lipinski definition) is 4. The van der Waals surface area contributed by atoms with E-state index in [1.54, 1.807) is 11.3 Å². The zero-order valence-electron chi connectivity index (χ0n) is 11.1. The summed E-state index contributed by atoms with van der Waals surface area (Å²) < 4.78 is 0. The number of carbonyl (C=O) groups excluding carboxylic acids is 1. The standard InChI is InChI=1S/C13H21N3OS.ClH/c17-13(10-12-2-9-18-11-12)15-3-1-6-16-7-4-14-5-8-16;/h2,9,11,14H,1,3-8,10H2,(H,15,17);1H. The van der Waals surface area contributed by atoms with Gasteiger partial charge in [0.2, 0.25) is 5.91 Å². The fraction of sp³-hybridized carbons (Fsp3) is 0.615. The first kappa shape index (κ1) is 16.4. The molecule has 1 saturated heterocycles. The van der Waals surface area contributed by atoms with E-state index in [2.05, 4.69) is 15.5 Å². The average molecular weight is 304 g/mol. The molecule has 1 amide bonds. The van der Waals surface area contributed by atoms with Crippen LogP contribution in [0.15, 0.2) is 16.8 Å². The van der Waals surface area contributed by atoms with Crippen LogP contribution < -0.4 is 10.6 Å². The maximum Gasteiger partial charge on any atom is 0.224 e. The van der Waals surface area contributed by atoms with E-state index in [0.29, 0.717) is 6.42 Å². The van der Waals surface area contributed by atoms with Gasteiger partial charge in [0, 0.05) is 32.7 Å². The quantitative estimate of drug-likeness (QED) is 0.774. The average Bonchev–Trinajstić information content (AvgIpc) is 2.89. The predicted molar refractivity (Wildman–Crippen MR) is 82.2 cm³/mol. The van der Waals surface area contributed by atoms with Gasteiger partial charge >= 0.3 is 0 Å². The molecule has 1 aromatic heterocycles. The van der Waals surface area contributed by atoms with Crippen molar-refractivity contribution in [2.75, 3.05) is 39.3 Å². The van der Waals surface area contributed by atoms with E-state index in [0.717, 1.165) is 51.3 Å². The monoisotopic (exact) mass is 303 g/mol. The molecule has 6 heteroatoms. The molecule has 0 spiro atoms. The largest absolute Gasteiger partial charge is 0.356 e. The van der Waals surface area contributed by atoms with Crippen molar-refractivity contribution >= 4 is 29.7 Å². The Hall–Kier alpha value is -0.620. The van der Waals surface area contributed by atoms with Crippen LogP contribution in [0.3, 0.4) is 0 Å². The first-order valence-corrected chi connectivity index (χ1v) is 7.50. The van der Waals surface area contributed by atoms with Gasteiger partial charge in [-0.15, -0.1) is 12.4 Å². The molecule has 0 unspecified atom stereocenters. The Morgan fingerprint density at radius 1 is 1.42 bits per heavy atom. The minimum atomic E-state index is 0. The maximum atomic E-state index is 11.6. The van der Waals surface area contributed by atoms with E-state index in [9.17, 15) is 4.79 Å². The summed E-state index contributed by atoms with van der Waals surface area (Å²) >= 11 is 1.64. The number of hydrogen-bond donors (Lipinski definition) is 2. The van der Waals surface area contributed by atoms with E-state index in [-0.39, 0.29) is 18.3 Å². The molecule has 0 atom stereocenters. The van der Waals surface area contributed by atoms with Crippen molar-refractivity contribution in [1.29, 1.82) is 0 Å². The van der Waals surface area contributed by atoms with Gasteiger partial charge in [0.1, 0.15) is 0 Å². The number of nitrogens with zero attached hydrogens (tertiary/aromatic N) is 1. The molecule has 4 nitrogen and oxygen atoms in total. The molecule has 0 saturated carbocycles. The second-order valence-corrected chi connectivity index (χ2v) is 5.38. The Morgan fingerprint density at radius 3 is 2.89 bits per heavy atom. The van der Waals surface area contributed by atoms with Crippen molar-refractivity contribution in [3.63, 3.8) is 0 Å². The van der Waals surface area contributed by atoms with Gasteiger partial charge in [0.25, 0.3) is 0 Å². The molecule has 0 aliphatic carbocycles. The first-order chi connectivity index (χ1) is 8.84. The Morgan fingerprint density at radius 2 is 2.21 bits per heavy atom. The van der Waals surface area contributed by atoms with Crippen molar-refractivity contribution in [2.24, 2.45) is 0 Å². The number of carbonyl (C=O) groups is 1. The van der Waals surface area contributed by atoms with Crippen molar-refractivity contribution in [3.05, 3.63) is 22.4 Å². The lowest BCUT2D eigenvalue weighted by Gasteiger charge is -2.27. The fourth-order valence-electron chi connectivity index (χ4n) is 2.11. The van der Waals surface area contributed by atoms with Gasteiger partial charge < -0.3 is 15.5 Å². The minimum absolute atomic E-state index is 0. The molecule has 2 N–H and O–H groups in total. The van der Waals surface area contributed by atoms with Gasteiger partial charge in [-0.2, -0.15) is 11.3 Å². The summed E-state index contributed by atoms with van der Waals surface area (Å²) in [6.45, 7) is 6.30. The number of thiophene rings is 1. The van der Waals surface area contributed by atoms with Crippen LogP contribution in [-0.2, 0) is 11.2 Å². The SMILES string of the molecule is Cl.O=C(Cc1ccsc1)NCCCN1CCNCC1. The molecule has 0 bridgehead atoms. The third-order valence-electron chi connectivity index (χ3n) is 3.13. The minimum Gasteiger partial charge on any atom is -0.356 e. The van der Waals surface area contributed by atoms with Crippen molar-refractivity contribution < 1.29 is 4.79 Å². The van der Waals surface area contributed by atoms with Crippen LogP contribution in [0.4, 0.5) is 0 Å². The molecule has 19 heavy (non-hydrogen) atoms. The predicted octanol–water partition coefficient (Wildman–Crippen LogP) is 1.12. The molecule has 1 aliphatic heterocycles. The maximum absolute atomic E-state index is 11.6. The molecule has 108 valence electrons. The third kappa shape index (κ3) is 6.38. The van der Waals surface area contributed by atoms with Crippen molar-refractivity contribution in [3.8, 4) is 0 Å². The second kappa shape index (κ2) is 9.31. The number of halogens is 1. The molecule has 1 aliphatic rings. The van der Waals surface area contributed by atoms with Gasteiger partial charge in [-0.1, -0.05) is 0 Å². The summed E-state index contributed by atoms with van der Waals surface area (Å²) in [4.78, 5) is 14.1. The highest BCUT2D eigenvalue weighted by Gasteiger charge is 2.08. The first-order valence-electron chi connectivity index (χ1n) is 6.55. The van der Waals surface area contributed by atoms with E-state index < -0.39 is 0 Å². The van der Waals surface area contributed by atoms with Crippen LogP contribution in [0.5, 0.6) is 0 Å². The Bertz CT molecular complexity index is 353. The lowest BCUT2D eigenvalue weighted by atomic mass is 10.2. The fourth-order valence-corrected chi connectivity index (χ4v) is 2.77. The summed E-state index contributed by atoms with van der Waals surface area (Å²) in [6.07, 6.45) is 1.55. The topological polar surface area (TPSA) is 44.4 Å². The number of piperazine rings is 1. The lowest BCUT2D eigenvalue weighted by Crippen LogP contribution is -2.44. The third-order valence-corrected chi connectivity index (χ3v) is 3.86. The highest BCUT2D eigenvalue weighted by atomic mass is 35.5. The highest BCUT2D eigenvalue weighted by molar-refractivity contribution is 7.07. The Kier molecular flexibility index (Phi) is 8.05. The van der Waals surface area contributed by atoms with Gasteiger partial charge in [-0.25, -0.2) is 0 Å². The lowest BCUT2D eigenvalue weighted by molar-refractivity contribution is -0.120. The van der Waals surface area contributed by atoms with Crippen LogP contribution in [0, 0.1) is 0 Å². The van der Waals surface area contributed by atoms with E-state index >= 15 is 0 Å². The molecular weight excluding hydrogens is 282 g/mol. The van der Waals surface area contributed by atoms with E-state index in [1.807, 2.05) is 16.8 Å². The molecule has 1 fully saturated rings. The Balaban J connectivity index is 0.00000180. The van der Waals surface area contributed by atoms with E-state index in [4.69, 9.17) is 0 Å². The smallest absolute Gasteiger partial charge is 0.224 e. The van der Waals surface area contributed by atoms with Gasteiger partial charge in [0.05, 0.1) is 6.42 Å². The van der Waals surface area contributed by atoms with Gasteiger partial charge in [-0.3, -0.25) is 4.79 Å². The molecule has 2 rings (SSSR count). The zero-order valence-corrected chi connectivity index (χ0v) is 12.7. The van der Waals surface area contributed by atoms with Crippen LogP contribution in [0.2, 0.25) is 0 Å². The molecule has 0 aromatic carbocycles. The van der Waals surface area contributed by atoms with Crippen molar-refractivity contribution in [1.82, 2.24) is 15.5 Å². The van der Waals surface area contributed by atoms with E-state index in [1.165, 1.54) is 0 Å². The van der Waals surface area contributed by atoms with Crippen molar-refractivity contribution in [2.45, 2.75) is 12.8 Å². The summed E-state index contributed by atoms with van der Waals surface area (Å²) in [7, 11) is 0. The molecule has 0 radical (unpaired) electrons. The van der Waals surface area contributed by atoms with Gasteiger partial charge in [-0.05, 0) is 35.4 Å². The summed E-state index contributed by atoms with van der Waals surface area (Å²) in [5.41, 5.74) is 1.11. The number of nitrogens with one attached hydrogen (secondary N) is 2. The second-order valence-electron chi connectivity index (χ2n) is 4.60. The number of rotatable bonds is 6. The van der Waals surface area contributed by atoms with Crippen LogP contribution in [-0.4, -0.2) is 50.1 Å². The highest BCUT2D eigenvalue weighted by Crippen LogP contribution is 2.06. The number of amides is 1. The molecular formula is C13H22ClN3OS. The molecule has 2 heterocycles. The summed E-state index contributed by atoms with van der Waals surface area (Å²) in [5.74, 6) is 0.133. The van der Waals surface area contributed by atoms with Gasteiger partial charge in [0.15, 0.2) is 0 Å². The van der Waals surface area contributed by atoms with Crippen LogP contribution >= 0.6 is 23.7 Å². The van der Waals surface area contributed by atoms with Crippen LogP contribution in [0.1, 0.15) is 12.0 Å².